The van der Waals surface area contributed by atoms with Gasteiger partial charge in [-0.15, -0.1) is 0 Å². The van der Waals surface area contributed by atoms with Crippen molar-refractivity contribution in [2.24, 2.45) is 0 Å². The Morgan fingerprint density at radius 1 is 1.53 bits per heavy atom. The molecular weight excluding hydrogens is 214 g/mol. The van der Waals surface area contributed by atoms with Gasteiger partial charge in [-0.2, -0.15) is 0 Å². The van der Waals surface area contributed by atoms with Crippen LogP contribution >= 0.6 is 11.6 Å². The summed E-state index contributed by atoms with van der Waals surface area (Å²) in [5, 5.41) is 3.92. The van der Waals surface area contributed by atoms with Crippen molar-refractivity contribution in [1.82, 2.24) is 5.32 Å². The number of rotatable bonds is 2. The third-order valence-corrected chi connectivity index (χ3v) is 2.79. The van der Waals surface area contributed by atoms with Crippen molar-refractivity contribution < 1.29 is 9.47 Å². The second kappa shape index (κ2) is 4.84. The highest BCUT2D eigenvalue weighted by Gasteiger charge is 2.16. The summed E-state index contributed by atoms with van der Waals surface area (Å²) in [5.41, 5.74) is 1.10. The summed E-state index contributed by atoms with van der Waals surface area (Å²) < 4.78 is 10.8. The van der Waals surface area contributed by atoms with Gasteiger partial charge in [0.25, 0.3) is 0 Å². The molecule has 3 nitrogen and oxygen atoms in total. The first-order valence-corrected chi connectivity index (χ1v) is 5.35. The zero-order chi connectivity index (χ0) is 10.7. The molecule has 1 N–H and O–H groups in total. The first-order chi connectivity index (χ1) is 7.31. The largest absolute Gasteiger partial charge is 0.495 e. The van der Waals surface area contributed by atoms with Crippen molar-refractivity contribution in [3.05, 3.63) is 28.8 Å². The summed E-state index contributed by atoms with van der Waals surface area (Å²) in [6.07, 6.45) is 0.102. The Morgan fingerprint density at radius 3 is 3.07 bits per heavy atom. The molecule has 82 valence electrons. The predicted octanol–water partition coefficient (Wildman–Crippen LogP) is 2.01. The van der Waals surface area contributed by atoms with Crippen LogP contribution in [0.25, 0.3) is 0 Å². The fourth-order valence-electron chi connectivity index (χ4n) is 1.66. The molecule has 1 atom stereocenters. The minimum absolute atomic E-state index is 0.102. The number of hydrogen-bond donors (Lipinski definition) is 1. The Balaban J connectivity index is 2.20. The molecule has 0 spiro atoms. The van der Waals surface area contributed by atoms with E-state index in [4.69, 9.17) is 21.1 Å². The van der Waals surface area contributed by atoms with Crippen LogP contribution in [0.3, 0.4) is 0 Å². The summed E-state index contributed by atoms with van der Waals surface area (Å²) in [7, 11) is 1.62. The van der Waals surface area contributed by atoms with Crippen LogP contribution in [0.2, 0.25) is 5.02 Å². The zero-order valence-corrected chi connectivity index (χ0v) is 9.38. The van der Waals surface area contributed by atoms with E-state index in [9.17, 15) is 0 Å². The minimum Gasteiger partial charge on any atom is -0.495 e. The maximum Gasteiger partial charge on any atom is 0.137 e. The van der Waals surface area contributed by atoms with Gasteiger partial charge in [0.1, 0.15) is 5.75 Å². The van der Waals surface area contributed by atoms with Gasteiger partial charge >= 0.3 is 0 Å². The molecule has 1 heterocycles. The molecule has 0 aromatic heterocycles. The van der Waals surface area contributed by atoms with Crippen molar-refractivity contribution in [3.63, 3.8) is 0 Å². The van der Waals surface area contributed by atoms with E-state index < -0.39 is 0 Å². The second-order valence-electron chi connectivity index (χ2n) is 3.46. The molecule has 0 amide bonds. The molecule has 1 saturated heterocycles. The van der Waals surface area contributed by atoms with E-state index in [-0.39, 0.29) is 6.10 Å². The van der Waals surface area contributed by atoms with Gasteiger partial charge in [-0.3, -0.25) is 0 Å². The average molecular weight is 228 g/mol. The summed E-state index contributed by atoms with van der Waals surface area (Å²) in [6, 6.07) is 5.75. The Hall–Kier alpha value is -0.770. The summed E-state index contributed by atoms with van der Waals surface area (Å²) >= 11 is 5.95. The summed E-state index contributed by atoms with van der Waals surface area (Å²) in [6.45, 7) is 2.50. The Labute approximate surface area is 94.3 Å². The predicted molar refractivity (Wildman–Crippen MR) is 59.6 cm³/mol. The fourth-order valence-corrected chi connectivity index (χ4v) is 1.85. The molecule has 15 heavy (non-hydrogen) atoms. The van der Waals surface area contributed by atoms with Crippen LogP contribution in [0.5, 0.6) is 5.75 Å². The lowest BCUT2D eigenvalue weighted by Gasteiger charge is -2.24. The number of ether oxygens (including phenoxy) is 2. The Bertz CT molecular complexity index is 337. The third kappa shape index (κ3) is 2.43. The quantitative estimate of drug-likeness (QED) is 0.839. The van der Waals surface area contributed by atoms with Crippen LogP contribution in [0.4, 0.5) is 0 Å². The standard InChI is InChI=1S/C11H14ClNO2/c1-14-10-6-8(2-3-9(10)12)11-7-13-4-5-15-11/h2-3,6,11,13H,4-5,7H2,1H3. The first-order valence-electron chi connectivity index (χ1n) is 4.97. The molecule has 1 aliphatic heterocycles. The number of halogens is 1. The van der Waals surface area contributed by atoms with Crippen LogP contribution in [0.15, 0.2) is 18.2 Å². The molecule has 1 aliphatic rings. The molecule has 1 aromatic carbocycles. The highest BCUT2D eigenvalue weighted by molar-refractivity contribution is 6.32. The zero-order valence-electron chi connectivity index (χ0n) is 8.63. The van der Waals surface area contributed by atoms with E-state index >= 15 is 0 Å². The van der Waals surface area contributed by atoms with E-state index in [1.54, 1.807) is 7.11 Å². The molecular formula is C11H14ClNO2. The lowest BCUT2D eigenvalue weighted by molar-refractivity contribution is 0.0276. The summed E-state index contributed by atoms with van der Waals surface area (Å²) in [5.74, 6) is 0.698. The van der Waals surface area contributed by atoms with Gasteiger partial charge in [0.2, 0.25) is 0 Å². The van der Waals surface area contributed by atoms with Crippen LogP contribution in [-0.4, -0.2) is 26.8 Å². The highest BCUT2D eigenvalue weighted by Crippen LogP contribution is 2.29. The fraction of sp³-hybridized carbons (Fsp3) is 0.455. The topological polar surface area (TPSA) is 30.5 Å². The third-order valence-electron chi connectivity index (χ3n) is 2.47. The van der Waals surface area contributed by atoms with Gasteiger partial charge in [-0.05, 0) is 17.7 Å². The normalized spacial score (nSPS) is 21.3. The van der Waals surface area contributed by atoms with Crippen molar-refractivity contribution in [1.29, 1.82) is 0 Å². The van der Waals surface area contributed by atoms with Gasteiger partial charge < -0.3 is 14.8 Å². The smallest absolute Gasteiger partial charge is 0.137 e. The SMILES string of the molecule is COc1cc(C2CNCCO2)ccc1Cl. The van der Waals surface area contributed by atoms with Gasteiger partial charge in [-0.1, -0.05) is 17.7 Å². The Morgan fingerprint density at radius 2 is 2.40 bits per heavy atom. The molecule has 0 radical (unpaired) electrons. The molecule has 1 fully saturated rings. The lowest BCUT2D eigenvalue weighted by Crippen LogP contribution is -2.33. The van der Waals surface area contributed by atoms with Crippen molar-refractivity contribution in [3.8, 4) is 5.75 Å². The average Bonchev–Trinajstić information content (AvgIpc) is 2.31. The van der Waals surface area contributed by atoms with E-state index in [0.717, 1.165) is 25.3 Å². The van der Waals surface area contributed by atoms with E-state index in [1.165, 1.54) is 0 Å². The van der Waals surface area contributed by atoms with E-state index in [1.807, 2.05) is 18.2 Å². The molecule has 1 unspecified atom stereocenters. The summed E-state index contributed by atoms with van der Waals surface area (Å²) in [4.78, 5) is 0. The maximum absolute atomic E-state index is 5.95. The molecule has 4 heteroatoms. The molecule has 0 bridgehead atoms. The monoisotopic (exact) mass is 227 g/mol. The van der Waals surface area contributed by atoms with Gasteiger partial charge in [-0.25, -0.2) is 0 Å². The molecule has 1 aromatic rings. The second-order valence-corrected chi connectivity index (χ2v) is 3.86. The number of methoxy groups -OCH3 is 1. The van der Waals surface area contributed by atoms with Crippen LogP contribution < -0.4 is 10.1 Å². The first kappa shape index (κ1) is 10.7. The molecule has 0 saturated carbocycles. The van der Waals surface area contributed by atoms with Crippen LogP contribution in [-0.2, 0) is 4.74 Å². The number of benzene rings is 1. The maximum atomic E-state index is 5.95. The highest BCUT2D eigenvalue weighted by atomic mass is 35.5. The van der Waals surface area contributed by atoms with Crippen LogP contribution in [0.1, 0.15) is 11.7 Å². The van der Waals surface area contributed by atoms with Crippen molar-refractivity contribution in [2.75, 3.05) is 26.8 Å². The lowest BCUT2D eigenvalue weighted by atomic mass is 10.1. The number of nitrogens with one attached hydrogen (secondary N) is 1. The molecule has 0 aliphatic carbocycles. The molecule has 2 rings (SSSR count). The number of hydrogen-bond acceptors (Lipinski definition) is 3. The van der Waals surface area contributed by atoms with Gasteiger partial charge in [0.15, 0.2) is 0 Å². The minimum atomic E-state index is 0.102. The van der Waals surface area contributed by atoms with Crippen LogP contribution in [0, 0.1) is 0 Å². The van der Waals surface area contributed by atoms with E-state index in [2.05, 4.69) is 5.32 Å². The van der Waals surface area contributed by atoms with Gasteiger partial charge in [0, 0.05) is 13.1 Å². The van der Waals surface area contributed by atoms with Crippen molar-refractivity contribution >= 4 is 11.6 Å². The Kier molecular flexibility index (Phi) is 3.46. The van der Waals surface area contributed by atoms with E-state index in [0.29, 0.717) is 10.8 Å². The van der Waals surface area contributed by atoms with Gasteiger partial charge in [0.05, 0.1) is 24.8 Å². The van der Waals surface area contributed by atoms with Crippen molar-refractivity contribution in [2.45, 2.75) is 6.10 Å². The number of morpholine rings is 1.